The van der Waals surface area contributed by atoms with E-state index in [0.29, 0.717) is 10.8 Å². The Hall–Kier alpha value is 0.270. The number of nitrogens with zero attached hydrogens (tertiary/aromatic N) is 1. The van der Waals surface area contributed by atoms with Crippen LogP contribution in [0, 0.1) is 5.92 Å². The summed E-state index contributed by atoms with van der Waals surface area (Å²) in [5.74, 6) is 0.806. The van der Waals surface area contributed by atoms with Gasteiger partial charge >= 0.3 is 0 Å². The van der Waals surface area contributed by atoms with Gasteiger partial charge in [0.05, 0.1) is 0 Å². The summed E-state index contributed by atoms with van der Waals surface area (Å²) in [6.07, 6.45) is 7.77. The quantitative estimate of drug-likeness (QED) is 0.814. The summed E-state index contributed by atoms with van der Waals surface area (Å²) in [6, 6.07) is 0.708. The Morgan fingerprint density at radius 3 is 2.82 bits per heavy atom. The molecule has 0 aromatic carbocycles. The molecule has 100 valence electrons. The van der Waals surface area contributed by atoms with Gasteiger partial charge in [0, 0.05) is 23.9 Å². The highest BCUT2D eigenvalue weighted by Gasteiger charge is 2.43. The van der Waals surface area contributed by atoms with Crippen LogP contribution in [0.4, 0.5) is 0 Å². The topological polar surface area (TPSA) is 15.3 Å². The molecular weight excluding hydrogens is 228 g/mol. The van der Waals surface area contributed by atoms with Crippen molar-refractivity contribution >= 4 is 11.8 Å². The van der Waals surface area contributed by atoms with Crippen molar-refractivity contribution in [2.75, 3.05) is 32.4 Å². The lowest BCUT2D eigenvalue weighted by molar-refractivity contribution is 0.236. The van der Waals surface area contributed by atoms with Gasteiger partial charge in [0.1, 0.15) is 0 Å². The Labute approximate surface area is 111 Å². The molecule has 2 fully saturated rings. The largest absolute Gasteiger partial charge is 0.312 e. The molecule has 1 aliphatic carbocycles. The van der Waals surface area contributed by atoms with Gasteiger partial charge in [-0.05, 0) is 44.5 Å². The number of thioether (sulfide) groups is 1. The predicted octanol–water partition coefficient (Wildman–Crippen LogP) is 2.59. The number of nitrogens with one attached hydrogen (secondary N) is 1. The van der Waals surface area contributed by atoms with Crippen molar-refractivity contribution in [3.8, 4) is 0 Å². The van der Waals surface area contributed by atoms with Crippen LogP contribution in [0.25, 0.3) is 0 Å². The molecule has 1 heterocycles. The molecule has 0 bridgehead atoms. The van der Waals surface area contributed by atoms with Gasteiger partial charge in [-0.1, -0.05) is 20.3 Å². The van der Waals surface area contributed by atoms with Gasteiger partial charge in [-0.15, -0.1) is 0 Å². The van der Waals surface area contributed by atoms with Crippen LogP contribution in [0.15, 0.2) is 0 Å². The Morgan fingerprint density at radius 2 is 2.24 bits per heavy atom. The number of hydrogen-bond acceptors (Lipinski definition) is 3. The van der Waals surface area contributed by atoms with Crippen LogP contribution in [0.1, 0.15) is 39.5 Å². The zero-order valence-corrected chi connectivity index (χ0v) is 12.5. The first kappa shape index (κ1) is 13.7. The fourth-order valence-electron chi connectivity index (χ4n) is 2.81. The standard InChI is InChI=1S/C14H28N2S/c1-4-12(2)13-10-16(9-5-8-15-13)11-14(17-3)6-7-14/h12-13,15H,4-11H2,1-3H3. The molecule has 0 amide bonds. The average molecular weight is 256 g/mol. The Balaban J connectivity index is 1.88. The fraction of sp³-hybridized carbons (Fsp3) is 1.00. The highest BCUT2D eigenvalue weighted by atomic mass is 32.2. The van der Waals surface area contributed by atoms with Crippen molar-refractivity contribution < 1.29 is 0 Å². The minimum absolute atomic E-state index is 0.629. The first-order chi connectivity index (χ1) is 8.19. The van der Waals surface area contributed by atoms with E-state index < -0.39 is 0 Å². The predicted molar refractivity (Wildman–Crippen MR) is 77.8 cm³/mol. The summed E-state index contributed by atoms with van der Waals surface area (Å²) in [5.41, 5.74) is 0. The SMILES string of the molecule is CCC(C)C1CN(CC2(SC)CC2)CCCN1. The van der Waals surface area contributed by atoms with Crippen LogP contribution in [0.2, 0.25) is 0 Å². The lowest BCUT2D eigenvalue weighted by Gasteiger charge is -2.30. The maximum absolute atomic E-state index is 3.74. The lowest BCUT2D eigenvalue weighted by Crippen LogP contribution is -2.44. The summed E-state index contributed by atoms with van der Waals surface area (Å²) < 4.78 is 0.629. The molecule has 0 radical (unpaired) electrons. The molecule has 0 spiro atoms. The normalized spacial score (nSPS) is 30.9. The van der Waals surface area contributed by atoms with Crippen molar-refractivity contribution in [1.29, 1.82) is 0 Å². The number of rotatable bonds is 5. The lowest BCUT2D eigenvalue weighted by atomic mass is 9.99. The molecule has 1 N–H and O–H groups in total. The van der Waals surface area contributed by atoms with Crippen LogP contribution in [-0.4, -0.2) is 48.1 Å². The van der Waals surface area contributed by atoms with Crippen LogP contribution >= 0.6 is 11.8 Å². The Bertz CT molecular complexity index is 240. The minimum atomic E-state index is 0.629. The fourth-order valence-corrected chi connectivity index (χ4v) is 3.63. The molecule has 1 aliphatic heterocycles. The van der Waals surface area contributed by atoms with E-state index in [0.717, 1.165) is 5.92 Å². The van der Waals surface area contributed by atoms with Crippen LogP contribution < -0.4 is 5.32 Å². The summed E-state index contributed by atoms with van der Waals surface area (Å²) >= 11 is 2.09. The van der Waals surface area contributed by atoms with Crippen LogP contribution in [-0.2, 0) is 0 Å². The van der Waals surface area contributed by atoms with Gasteiger partial charge in [0.2, 0.25) is 0 Å². The van der Waals surface area contributed by atoms with E-state index in [1.54, 1.807) is 0 Å². The Morgan fingerprint density at radius 1 is 1.47 bits per heavy atom. The molecule has 0 aromatic rings. The van der Waals surface area contributed by atoms with Crippen LogP contribution in [0.5, 0.6) is 0 Å². The van der Waals surface area contributed by atoms with Gasteiger partial charge in [0.15, 0.2) is 0 Å². The average Bonchev–Trinajstić information content (AvgIpc) is 3.14. The summed E-state index contributed by atoms with van der Waals surface area (Å²) in [6.45, 7) is 9.79. The van der Waals surface area contributed by atoms with E-state index >= 15 is 0 Å². The van der Waals surface area contributed by atoms with E-state index in [1.165, 1.54) is 51.9 Å². The molecule has 2 unspecified atom stereocenters. The molecular formula is C14H28N2S. The zero-order chi connectivity index (χ0) is 12.3. The minimum Gasteiger partial charge on any atom is -0.312 e. The van der Waals surface area contributed by atoms with Gasteiger partial charge in [-0.2, -0.15) is 11.8 Å². The molecule has 2 nitrogen and oxygen atoms in total. The van der Waals surface area contributed by atoms with Gasteiger partial charge in [0.25, 0.3) is 0 Å². The van der Waals surface area contributed by atoms with E-state index in [4.69, 9.17) is 0 Å². The molecule has 17 heavy (non-hydrogen) atoms. The molecule has 2 aliphatic rings. The Kier molecular flexibility index (Phi) is 4.79. The second-order valence-corrected chi connectivity index (χ2v) is 7.20. The first-order valence-corrected chi connectivity index (χ1v) is 8.42. The maximum atomic E-state index is 3.74. The third kappa shape index (κ3) is 3.62. The third-order valence-electron chi connectivity index (χ3n) is 4.60. The van der Waals surface area contributed by atoms with Gasteiger partial charge in [-0.3, -0.25) is 0 Å². The smallest absolute Gasteiger partial charge is 0.0285 e. The highest BCUT2D eigenvalue weighted by Crippen LogP contribution is 2.47. The van der Waals surface area contributed by atoms with Crippen molar-refractivity contribution in [2.24, 2.45) is 5.92 Å². The van der Waals surface area contributed by atoms with Crippen molar-refractivity contribution in [3.05, 3.63) is 0 Å². The molecule has 2 rings (SSSR count). The zero-order valence-electron chi connectivity index (χ0n) is 11.7. The van der Waals surface area contributed by atoms with Crippen LogP contribution in [0.3, 0.4) is 0 Å². The number of hydrogen-bond donors (Lipinski definition) is 1. The third-order valence-corrected chi connectivity index (χ3v) is 6.00. The van der Waals surface area contributed by atoms with E-state index in [2.05, 4.69) is 42.1 Å². The van der Waals surface area contributed by atoms with Crippen molar-refractivity contribution in [2.45, 2.75) is 50.3 Å². The highest BCUT2D eigenvalue weighted by molar-refractivity contribution is 8.00. The van der Waals surface area contributed by atoms with E-state index in [1.807, 2.05) is 0 Å². The van der Waals surface area contributed by atoms with Gasteiger partial charge in [-0.25, -0.2) is 0 Å². The maximum Gasteiger partial charge on any atom is 0.0285 e. The summed E-state index contributed by atoms with van der Waals surface area (Å²) in [4.78, 5) is 2.72. The molecule has 1 saturated carbocycles. The first-order valence-electron chi connectivity index (χ1n) is 7.20. The molecule has 0 aromatic heterocycles. The second-order valence-electron chi connectivity index (χ2n) is 5.92. The molecule has 3 heteroatoms. The van der Waals surface area contributed by atoms with E-state index in [-0.39, 0.29) is 0 Å². The second kappa shape index (κ2) is 5.94. The summed E-state index contributed by atoms with van der Waals surface area (Å²) in [5, 5.41) is 3.74. The summed E-state index contributed by atoms with van der Waals surface area (Å²) in [7, 11) is 0. The van der Waals surface area contributed by atoms with Crippen molar-refractivity contribution in [1.82, 2.24) is 10.2 Å². The van der Waals surface area contributed by atoms with E-state index in [9.17, 15) is 0 Å². The molecule has 1 saturated heterocycles. The van der Waals surface area contributed by atoms with Gasteiger partial charge < -0.3 is 10.2 Å². The molecule has 2 atom stereocenters. The van der Waals surface area contributed by atoms with Crippen molar-refractivity contribution in [3.63, 3.8) is 0 Å². The monoisotopic (exact) mass is 256 g/mol.